The summed E-state index contributed by atoms with van der Waals surface area (Å²) in [6.45, 7) is 3.18. The molecule has 0 aliphatic heterocycles. The van der Waals surface area contributed by atoms with E-state index in [2.05, 4.69) is 53.6 Å². The lowest BCUT2D eigenvalue weighted by atomic mass is 10.0. The molecule has 1 N–H and O–H groups in total. The summed E-state index contributed by atoms with van der Waals surface area (Å²) in [5.41, 5.74) is 2.70. The highest BCUT2D eigenvalue weighted by Crippen LogP contribution is 2.15. The van der Waals surface area contributed by atoms with E-state index in [9.17, 15) is 0 Å². The maximum Gasteiger partial charge on any atom is 0.0406 e. The molecule has 25 heavy (non-hydrogen) atoms. The van der Waals surface area contributed by atoms with E-state index in [-0.39, 0.29) is 0 Å². The van der Waals surface area contributed by atoms with Crippen LogP contribution in [0.5, 0.6) is 0 Å². The highest BCUT2D eigenvalue weighted by Gasteiger charge is 2.03. The second-order valence-corrected chi connectivity index (χ2v) is 7.15. The van der Waals surface area contributed by atoms with Gasteiger partial charge in [-0.05, 0) is 67.0 Å². The molecule has 3 rings (SSSR count). The van der Waals surface area contributed by atoms with Crippen LogP contribution in [0, 0.1) is 0 Å². The zero-order chi connectivity index (χ0) is 17.5. The Balaban J connectivity index is 1.38. The predicted octanol–water partition coefficient (Wildman–Crippen LogP) is 5.78. The number of rotatable bonds is 8. The van der Waals surface area contributed by atoms with Crippen molar-refractivity contribution < 1.29 is 0 Å². The van der Waals surface area contributed by atoms with Gasteiger partial charge in [-0.3, -0.25) is 4.98 Å². The highest BCUT2D eigenvalue weighted by molar-refractivity contribution is 6.30. The van der Waals surface area contributed by atoms with Crippen molar-refractivity contribution in [1.82, 2.24) is 10.3 Å². The smallest absolute Gasteiger partial charge is 0.0406 e. The van der Waals surface area contributed by atoms with Crippen molar-refractivity contribution in [3.05, 3.63) is 77.1 Å². The molecule has 0 radical (unpaired) electrons. The van der Waals surface area contributed by atoms with Gasteiger partial charge >= 0.3 is 0 Å². The number of halogens is 1. The fraction of sp³-hybridized carbons (Fsp3) is 0.318. The average molecular weight is 353 g/mol. The van der Waals surface area contributed by atoms with E-state index < -0.39 is 0 Å². The van der Waals surface area contributed by atoms with Crippen LogP contribution < -0.4 is 5.32 Å². The van der Waals surface area contributed by atoms with Gasteiger partial charge in [-0.15, -0.1) is 0 Å². The molecule has 0 unspecified atom stereocenters. The standard InChI is InChI=1S/C22H25ClN2/c1-17(4-2-3-5-18-7-10-22(23)11-8-18)25-15-19-6-9-21-16-24-13-12-20(21)14-19/h6-14,16-17,25H,2-5,15H2,1H3/t17-/m1/s1. The van der Waals surface area contributed by atoms with Crippen molar-refractivity contribution in [2.45, 2.75) is 45.2 Å². The molecule has 2 aromatic carbocycles. The zero-order valence-electron chi connectivity index (χ0n) is 14.7. The Hall–Kier alpha value is -1.90. The van der Waals surface area contributed by atoms with Crippen LogP contribution in [-0.2, 0) is 13.0 Å². The van der Waals surface area contributed by atoms with Gasteiger partial charge in [0, 0.05) is 35.4 Å². The van der Waals surface area contributed by atoms with E-state index in [1.54, 1.807) is 0 Å². The third-order valence-corrected chi connectivity index (χ3v) is 4.88. The minimum Gasteiger partial charge on any atom is -0.310 e. The van der Waals surface area contributed by atoms with Crippen LogP contribution in [0.15, 0.2) is 60.9 Å². The van der Waals surface area contributed by atoms with E-state index in [4.69, 9.17) is 11.6 Å². The van der Waals surface area contributed by atoms with Crippen LogP contribution >= 0.6 is 11.6 Å². The summed E-state index contributed by atoms with van der Waals surface area (Å²) in [6, 6.07) is 17.4. The minimum absolute atomic E-state index is 0.526. The summed E-state index contributed by atoms with van der Waals surface area (Å²) in [7, 11) is 0. The molecule has 1 heterocycles. The molecule has 0 spiro atoms. The van der Waals surface area contributed by atoms with E-state index in [1.165, 1.54) is 41.2 Å². The first-order chi connectivity index (χ1) is 12.2. The number of nitrogens with one attached hydrogen (secondary N) is 1. The molecule has 3 aromatic rings. The third-order valence-electron chi connectivity index (χ3n) is 4.63. The number of nitrogens with zero attached hydrogens (tertiary/aromatic N) is 1. The molecule has 1 aromatic heterocycles. The van der Waals surface area contributed by atoms with Gasteiger partial charge in [-0.25, -0.2) is 0 Å². The molecule has 3 heteroatoms. The van der Waals surface area contributed by atoms with Gasteiger partial charge in [0.1, 0.15) is 0 Å². The number of hydrogen-bond donors (Lipinski definition) is 1. The molecule has 1 atom stereocenters. The van der Waals surface area contributed by atoms with Gasteiger partial charge in [0.05, 0.1) is 0 Å². The first-order valence-corrected chi connectivity index (χ1v) is 9.39. The van der Waals surface area contributed by atoms with Crippen molar-refractivity contribution in [3.8, 4) is 0 Å². The number of aryl methyl sites for hydroxylation is 1. The van der Waals surface area contributed by atoms with Gasteiger partial charge in [0.2, 0.25) is 0 Å². The predicted molar refractivity (Wildman–Crippen MR) is 107 cm³/mol. The summed E-state index contributed by atoms with van der Waals surface area (Å²) in [5.74, 6) is 0. The lowest BCUT2D eigenvalue weighted by Crippen LogP contribution is -2.25. The fourth-order valence-corrected chi connectivity index (χ4v) is 3.19. The van der Waals surface area contributed by atoms with Crippen molar-refractivity contribution in [2.75, 3.05) is 0 Å². The third kappa shape index (κ3) is 5.55. The SMILES string of the molecule is C[C@H](CCCCc1ccc(Cl)cc1)NCc1ccc2cnccc2c1. The van der Waals surface area contributed by atoms with E-state index >= 15 is 0 Å². The maximum absolute atomic E-state index is 5.92. The summed E-state index contributed by atoms with van der Waals surface area (Å²) in [5, 5.41) is 6.90. The summed E-state index contributed by atoms with van der Waals surface area (Å²) >= 11 is 5.92. The monoisotopic (exact) mass is 352 g/mol. The van der Waals surface area contributed by atoms with Gasteiger partial charge in [-0.2, -0.15) is 0 Å². The largest absolute Gasteiger partial charge is 0.310 e. The lowest BCUT2D eigenvalue weighted by molar-refractivity contribution is 0.489. The van der Waals surface area contributed by atoms with Crippen LogP contribution in [0.3, 0.4) is 0 Å². The Bertz CT molecular complexity index is 798. The van der Waals surface area contributed by atoms with Crippen LogP contribution in [0.4, 0.5) is 0 Å². The molecule has 2 nitrogen and oxygen atoms in total. The van der Waals surface area contributed by atoms with Crippen molar-refractivity contribution in [2.24, 2.45) is 0 Å². The lowest BCUT2D eigenvalue weighted by Gasteiger charge is -2.14. The Morgan fingerprint density at radius 3 is 2.60 bits per heavy atom. The van der Waals surface area contributed by atoms with Gasteiger partial charge in [-0.1, -0.05) is 42.3 Å². The summed E-state index contributed by atoms with van der Waals surface area (Å²) < 4.78 is 0. The summed E-state index contributed by atoms with van der Waals surface area (Å²) in [4.78, 5) is 4.16. The Morgan fingerprint density at radius 1 is 0.960 bits per heavy atom. The molecular formula is C22H25ClN2. The van der Waals surface area contributed by atoms with Crippen molar-refractivity contribution in [1.29, 1.82) is 0 Å². The highest BCUT2D eigenvalue weighted by atomic mass is 35.5. The minimum atomic E-state index is 0.526. The molecule has 0 bridgehead atoms. The Kier molecular flexibility index (Phi) is 6.43. The number of fused-ring (bicyclic) bond motifs is 1. The summed E-state index contributed by atoms with van der Waals surface area (Å²) in [6.07, 6.45) is 8.54. The van der Waals surface area contributed by atoms with Crippen LogP contribution in [0.2, 0.25) is 5.02 Å². The van der Waals surface area contributed by atoms with Crippen LogP contribution in [0.1, 0.15) is 37.3 Å². The van der Waals surface area contributed by atoms with Gasteiger partial charge in [0.15, 0.2) is 0 Å². The van der Waals surface area contributed by atoms with Crippen molar-refractivity contribution >= 4 is 22.4 Å². The van der Waals surface area contributed by atoms with Crippen LogP contribution in [0.25, 0.3) is 10.8 Å². The fourth-order valence-electron chi connectivity index (χ4n) is 3.07. The molecule has 0 saturated heterocycles. The number of benzene rings is 2. The molecule has 130 valence electrons. The number of pyridine rings is 1. The zero-order valence-corrected chi connectivity index (χ0v) is 15.5. The molecule has 0 fully saturated rings. The van der Waals surface area contributed by atoms with Gasteiger partial charge in [0.25, 0.3) is 0 Å². The normalized spacial score (nSPS) is 12.4. The molecule has 0 saturated carbocycles. The first-order valence-electron chi connectivity index (χ1n) is 9.01. The molecule has 0 amide bonds. The molecular weight excluding hydrogens is 328 g/mol. The number of unbranched alkanes of at least 4 members (excludes halogenated alkanes) is 1. The van der Waals surface area contributed by atoms with Crippen LogP contribution in [-0.4, -0.2) is 11.0 Å². The van der Waals surface area contributed by atoms with E-state index in [0.717, 1.165) is 18.0 Å². The van der Waals surface area contributed by atoms with E-state index in [1.807, 2.05) is 24.5 Å². The van der Waals surface area contributed by atoms with E-state index in [0.29, 0.717) is 6.04 Å². The second-order valence-electron chi connectivity index (χ2n) is 6.71. The second kappa shape index (κ2) is 8.98. The topological polar surface area (TPSA) is 24.9 Å². The molecule has 0 aliphatic carbocycles. The Labute approximate surface area is 155 Å². The first kappa shape index (κ1) is 17.9. The Morgan fingerprint density at radius 2 is 1.76 bits per heavy atom. The van der Waals surface area contributed by atoms with Crippen molar-refractivity contribution in [3.63, 3.8) is 0 Å². The number of hydrogen-bond acceptors (Lipinski definition) is 2. The van der Waals surface area contributed by atoms with Gasteiger partial charge < -0.3 is 5.32 Å². The quantitative estimate of drug-likeness (QED) is 0.520. The maximum atomic E-state index is 5.92. The average Bonchev–Trinajstić information content (AvgIpc) is 2.65. The number of aromatic nitrogens is 1. The molecule has 0 aliphatic rings.